The number of carbonyl (C=O) groups is 1. The summed E-state index contributed by atoms with van der Waals surface area (Å²) in [7, 11) is 3.89. The second kappa shape index (κ2) is 6.88. The lowest BCUT2D eigenvalue weighted by molar-refractivity contribution is -0.120. The largest absolute Gasteiger partial charge is 0.362 e. The number of nitrogens with zero attached hydrogens (tertiary/aromatic N) is 2. The van der Waals surface area contributed by atoms with Crippen LogP contribution in [0, 0.1) is 6.92 Å². The molecular weight excluding hydrogens is 262 g/mol. The SMILES string of the molecule is Cc1ccccc1CC(=O)NCc1cccnc1N(C)C. The summed E-state index contributed by atoms with van der Waals surface area (Å²) in [4.78, 5) is 18.4. The number of anilines is 1. The third-order valence-corrected chi connectivity index (χ3v) is 3.38. The number of hydrogen-bond acceptors (Lipinski definition) is 3. The Kier molecular flexibility index (Phi) is 4.93. The Morgan fingerprint density at radius 2 is 1.86 bits per heavy atom. The van der Waals surface area contributed by atoms with Crippen LogP contribution in [0.2, 0.25) is 0 Å². The van der Waals surface area contributed by atoms with Gasteiger partial charge in [-0.1, -0.05) is 30.3 Å². The van der Waals surface area contributed by atoms with Crippen LogP contribution in [0.4, 0.5) is 5.82 Å². The van der Waals surface area contributed by atoms with E-state index in [0.29, 0.717) is 13.0 Å². The maximum atomic E-state index is 12.1. The van der Waals surface area contributed by atoms with E-state index in [9.17, 15) is 4.79 Å². The number of pyridine rings is 1. The van der Waals surface area contributed by atoms with Gasteiger partial charge in [-0.25, -0.2) is 4.98 Å². The fourth-order valence-corrected chi connectivity index (χ4v) is 2.21. The highest BCUT2D eigenvalue weighted by molar-refractivity contribution is 5.79. The highest BCUT2D eigenvalue weighted by atomic mass is 16.1. The normalized spacial score (nSPS) is 10.2. The summed E-state index contributed by atoms with van der Waals surface area (Å²) in [6, 6.07) is 11.8. The van der Waals surface area contributed by atoms with E-state index in [1.807, 2.05) is 62.3 Å². The number of benzene rings is 1. The molecule has 0 saturated carbocycles. The highest BCUT2D eigenvalue weighted by Crippen LogP contribution is 2.14. The maximum absolute atomic E-state index is 12.1. The number of aromatic nitrogens is 1. The zero-order valence-corrected chi connectivity index (χ0v) is 12.8. The van der Waals surface area contributed by atoms with Crippen LogP contribution in [0.3, 0.4) is 0 Å². The van der Waals surface area contributed by atoms with E-state index >= 15 is 0 Å². The van der Waals surface area contributed by atoms with E-state index in [1.165, 1.54) is 0 Å². The summed E-state index contributed by atoms with van der Waals surface area (Å²) in [6.07, 6.45) is 2.16. The van der Waals surface area contributed by atoms with Crippen molar-refractivity contribution in [2.75, 3.05) is 19.0 Å². The van der Waals surface area contributed by atoms with Gasteiger partial charge in [0.2, 0.25) is 5.91 Å². The van der Waals surface area contributed by atoms with E-state index in [1.54, 1.807) is 6.20 Å². The smallest absolute Gasteiger partial charge is 0.224 e. The Hall–Kier alpha value is -2.36. The molecule has 0 saturated heterocycles. The Morgan fingerprint density at radius 3 is 2.57 bits per heavy atom. The second-order valence-electron chi connectivity index (χ2n) is 5.26. The predicted molar refractivity (Wildman–Crippen MR) is 85.3 cm³/mol. The van der Waals surface area contributed by atoms with Gasteiger partial charge in [-0.3, -0.25) is 4.79 Å². The molecule has 0 spiro atoms. The number of amides is 1. The van der Waals surface area contributed by atoms with E-state index in [-0.39, 0.29) is 5.91 Å². The minimum absolute atomic E-state index is 0.0258. The van der Waals surface area contributed by atoms with Crippen molar-refractivity contribution in [3.63, 3.8) is 0 Å². The van der Waals surface area contributed by atoms with E-state index < -0.39 is 0 Å². The van der Waals surface area contributed by atoms with Gasteiger partial charge in [-0.15, -0.1) is 0 Å². The fraction of sp³-hybridized carbons (Fsp3) is 0.294. The van der Waals surface area contributed by atoms with Crippen LogP contribution in [0.15, 0.2) is 42.6 Å². The Morgan fingerprint density at radius 1 is 1.14 bits per heavy atom. The predicted octanol–water partition coefficient (Wildman–Crippen LogP) is 2.31. The monoisotopic (exact) mass is 283 g/mol. The van der Waals surface area contributed by atoms with Gasteiger partial charge in [0.25, 0.3) is 0 Å². The fourth-order valence-electron chi connectivity index (χ4n) is 2.21. The minimum Gasteiger partial charge on any atom is -0.362 e. The first kappa shape index (κ1) is 15.0. The first-order chi connectivity index (χ1) is 10.1. The van der Waals surface area contributed by atoms with Crippen molar-refractivity contribution in [3.8, 4) is 0 Å². The molecule has 0 bridgehead atoms. The molecule has 0 aliphatic carbocycles. The molecule has 0 fully saturated rings. The molecule has 1 N–H and O–H groups in total. The number of hydrogen-bond donors (Lipinski definition) is 1. The molecule has 21 heavy (non-hydrogen) atoms. The van der Waals surface area contributed by atoms with Crippen LogP contribution in [0.5, 0.6) is 0 Å². The number of aryl methyl sites for hydroxylation is 1. The first-order valence-electron chi connectivity index (χ1n) is 7.00. The van der Waals surface area contributed by atoms with Crippen molar-refractivity contribution in [1.29, 1.82) is 0 Å². The molecule has 110 valence electrons. The molecule has 0 aliphatic rings. The van der Waals surface area contributed by atoms with Crippen LogP contribution in [-0.2, 0) is 17.8 Å². The summed E-state index contributed by atoms with van der Waals surface area (Å²) in [6.45, 7) is 2.51. The third kappa shape index (κ3) is 4.05. The lowest BCUT2D eigenvalue weighted by Gasteiger charge is -2.16. The van der Waals surface area contributed by atoms with Gasteiger partial charge in [-0.2, -0.15) is 0 Å². The average molecular weight is 283 g/mol. The summed E-state index contributed by atoms with van der Waals surface area (Å²) in [5.74, 6) is 0.909. The molecule has 0 atom stereocenters. The molecule has 1 aromatic carbocycles. The molecule has 0 aliphatic heterocycles. The van der Waals surface area contributed by atoms with Crippen molar-refractivity contribution in [2.45, 2.75) is 19.9 Å². The van der Waals surface area contributed by atoms with Crippen molar-refractivity contribution in [2.24, 2.45) is 0 Å². The molecular formula is C17H21N3O. The molecule has 2 rings (SSSR count). The molecule has 0 unspecified atom stereocenters. The Balaban J connectivity index is 1.97. The summed E-state index contributed by atoms with van der Waals surface area (Å²) in [5.41, 5.74) is 3.22. The van der Waals surface area contributed by atoms with Gasteiger partial charge >= 0.3 is 0 Å². The van der Waals surface area contributed by atoms with Crippen LogP contribution < -0.4 is 10.2 Å². The van der Waals surface area contributed by atoms with Crippen LogP contribution in [0.25, 0.3) is 0 Å². The van der Waals surface area contributed by atoms with E-state index in [0.717, 1.165) is 22.5 Å². The minimum atomic E-state index is 0.0258. The van der Waals surface area contributed by atoms with Gasteiger partial charge in [0.15, 0.2) is 0 Å². The van der Waals surface area contributed by atoms with Crippen molar-refractivity contribution in [3.05, 3.63) is 59.3 Å². The zero-order valence-electron chi connectivity index (χ0n) is 12.8. The van der Waals surface area contributed by atoms with Gasteiger partial charge in [0, 0.05) is 32.4 Å². The highest BCUT2D eigenvalue weighted by Gasteiger charge is 2.08. The molecule has 4 heteroatoms. The van der Waals surface area contributed by atoms with Crippen molar-refractivity contribution >= 4 is 11.7 Å². The molecule has 4 nitrogen and oxygen atoms in total. The molecule has 1 heterocycles. The maximum Gasteiger partial charge on any atom is 0.224 e. The third-order valence-electron chi connectivity index (χ3n) is 3.38. The van der Waals surface area contributed by atoms with Gasteiger partial charge < -0.3 is 10.2 Å². The molecule has 1 amide bonds. The zero-order chi connectivity index (χ0) is 15.2. The average Bonchev–Trinajstić information content (AvgIpc) is 2.48. The summed E-state index contributed by atoms with van der Waals surface area (Å²) >= 11 is 0. The standard InChI is InChI=1S/C17H21N3O/c1-13-7-4-5-8-14(13)11-16(21)19-12-15-9-6-10-18-17(15)20(2)3/h4-10H,11-12H2,1-3H3,(H,19,21). The molecule has 2 aromatic rings. The number of rotatable bonds is 5. The first-order valence-corrected chi connectivity index (χ1v) is 7.00. The Bertz CT molecular complexity index is 623. The van der Waals surface area contributed by atoms with E-state index in [4.69, 9.17) is 0 Å². The van der Waals surface area contributed by atoms with Gasteiger partial charge in [-0.05, 0) is 24.1 Å². The Labute approximate surface area is 125 Å². The summed E-state index contributed by atoms with van der Waals surface area (Å²) in [5, 5.41) is 2.96. The number of carbonyl (C=O) groups excluding carboxylic acids is 1. The summed E-state index contributed by atoms with van der Waals surface area (Å²) < 4.78 is 0. The topological polar surface area (TPSA) is 45.2 Å². The quantitative estimate of drug-likeness (QED) is 0.916. The van der Waals surface area contributed by atoms with Crippen molar-refractivity contribution < 1.29 is 4.79 Å². The van der Waals surface area contributed by atoms with Gasteiger partial charge in [0.05, 0.1) is 6.42 Å². The number of nitrogens with one attached hydrogen (secondary N) is 1. The van der Waals surface area contributed by atoms with E-state index in [2.05, 4.69) is 10.3 Å². The lowest BCUT2D eigenvalue weighted by atomic mass is 10.1. The van der Waals surface area contributed by atoms with Crippen LogP contribution >= 0.6 is 0 Å². The molecule has 0 radical (unpaired) electrons. The van der Waals surface area contributed by atoms with Crippen LogP contribution in [0.1, 0.15) is 16.7 Å². The van der Waals surface area contributed by atoms with Gasteiger partial charge in [0.1, 0.15) is 5.82 Å². The lowest BCUT2D eigenvalue weighted by Crippen LogP contribution is -2.26. The van der Waals surface area contributed by atoms with Crippen LogP contribution in [-0.4, -0.2) is 25.0 Å². The molecule has 1 aromatic heterocycles. The second-order valence-corrected chi connectivity index (χ2v) is 5.26. The van der Waals surface area contributed by atoms with Crippen molar-refractivity contribution in [1.82, 2.24) is 10.3 Å².